The summed E-state index contributed by atoms with van der Waals surface area (Å²) in [5, 5.41) is 0. The summed E-state index contributed by atoms with van der Waals surface area (Å²) in [6.07, 6.45) is 77.1. The molecule has 4 heterocycles. The van der Waals surface area contributed by atoms with Gasteiger partial charge in [-0.15, -0.1) is 0 Å². The van der Waals surface area contributed by atoms with Crippen LogP contribution in [-0.2, 0) is 80.9 Å². The van der Waals surface area contributed by atoms with Gasteiger partial charge in [-0.1, -0.05) is 0 Å². The summed E-state index contributed by atoms with van der Waals surface area (Å²) in [4.78, 5) is 0. The van der Waals surface area contributed by atoms with Crippen molar-refractivity contribution in [3.8, 4) is 0 Å². The normalized spacial score (nSPS) is 19.2. The summed E-state index contributed by atoms with van der Waals surface area (Å²) in [6, 6.07) is 6.95. The second-order valence-corrected chi connectivity index (χ2v) is 49.3. The molecular formula is C64H96F24N8O24S8Se4. The predicted molar refractivity (Wildman–Crippen MR) is 398 cm³/mol. The minimum atomic E-state index is -6.09. The topological polar surface area (TPSA) is 489 Å². The Bertz CT molecular complexity index is 4070. The van der Waals surface area contributed by atoms with Gasteiger partial charge in [0.15, 0.2) is 80.9 Å². The summed E-state index contributed by atoms with van der Waals surface area (Å²) in [6.45, 7) is 0. The molecule has 8 aliphatic rings. The number of rotatable bonds is 8. The molecule has 0 unspecified atom stereocenters. The fraction of sp³-hybridized carbons (Fsp3) is 0.875. The Morgan fingerprint density at radius 3 is 0.273 bits per heavy atom. The Morgan fingerprint density at radius 2 is 0.220 bits per heavy atom. The maximum atomic E-state index is 10.7. The molecule has 0 saturated heterocycles. The third-order valence-corrected chi connectivity index (χ3v) is 34.7. The number of alkyl halides is 24. The van der Waals surface area contributed by atoms with Crippen LogP contribution < -0.4 is 28.5 Å². The second kappa shape index (κ2) is 55.5. The van der Waals surface area contributed by atoms with Crippen molar-refractivity contribution in [2.24, 2.45) is 0 Å². The second-order valence-electron chi connectivity index (χ2n) is 29.9. The molecule has 8 aliphatic carbocycles. The van der Waals surface area contributed by atoms with Crippen LogP contribution in [0.4, 0.5) is 105 Å². The molecule has 8 fully saturated rings. The molecule has 4 aromatic rings. The fourth-order valence-electron chi connectivity index (χ4n) is 13.4. The van der Waals surface area contributed by atoms with E-state index in [0.29, 0.717) is 59.8 Å². The van der Waals surface area contributed by atoms with Gasteiger partial charge in [0.1, 0.15) is 0 Å². The average Bonchev–Trinajstić information content (AvgIpc) is 1.71. The molecule has 0 radical (unpaired) electrons. The molecule has 12 rings (SSSR count). The summed E-state index contributed by atoms with van der Waals surface area (Å²) in [5.41, 5.74) is -45.2. The van der Waals surface area contributed by atoms with E-state index in [2.05, 4.69) is 78.1 Å². The van der Waals surface area contributed by atoms with Crippen molar-refractivity contribution >= 4 is 141 Å². The SMILES string of the molecule is O=S(=O)([O-])C(F)(F)F.O=S(=O)([O-])C(F)(F)F.O=S(=O)([O-])C(F)(F)F.O=S(=O)([O-])C(F)(F)F.O=S(=O)([O-])C(F)(F)F.O=S(=O)([O-])C(F)(F)F.O=S(=O)([O-])C(F)(F)F.O=S(=O)([O-])C(F)(F)F.c1c[n+](C2CCCCC2)[se][n+]1C1CCCCC1.c1c[n+](C2CCCCC2)[se][n+]1C1CCCCC1.c1c[n+](C2CCCCC2)[se][n+]1C1CCCCC1.c1c[n+](C2CCCCC2)[se][n+]1C1CCCCC1. The van der Waals surface area contributed by atoms with E-state index in [9.17, 15) is 105 Å². The monoisotopic (exact) mass is 2390 g/mol. The fourth-order valence-corrected chi connectivity index (χ4v) is 22.8. The molecule has 0 bridgehead atoms. The van der Waals surface area contributed by atoms with Crippen molar-refractivity contribution in [2.75, 3.05) is 0 Å². The third-order valence-electron chi connectivity index (χ3n) is 19.9. The van der Waals surface area contributed by atoms with Crippen molar-refractivity contribution in [3.05, 3.63) is 49.6 Å². The van der Waals surface area contributed by atoms with E-state index in [-0.39, 0.29) is 0 Å². The maximum absolute atomic E-state index is 10.7. The number of hydrogen-bond donors (Lipinski definition) is 0. The van der Waals surface area contributed by atoms with E-state index in [4.69, 9.17) is 104 Å². The Hall–Kier alpha value is -2.96. The molecule has 0 aromatic carbocycles. The van der Waals surface area contributed by atoms with Crippen LogP contribution in [0.3, 0.4) is 0 Å². The molecular weight excluding hydrogens is 2290 g/mol. The van der Waals surface area contributed by atoms with E-state index in [1.54, 1.807) is 0 Å². The average molecular weight is 2390 g/mol. The molecule has 8 saturated carbocycles. The Labute approximate surface area is 771 Å². The summed E-state index contributed by atoms with van der Waals surface area (Å²) >= 11 is 2.29. The molecule has 0 atom stereocenters. The van der Waals surface area contributed by atoms with E-state index in [1.807, 2.05) is 0 Å². The molecule has 0 N–H and O–H groups in total. The number of aromatic nitrogens is 8. The van der Waals surface area contributed by atoms with Gasteiger partial charge in [-0.2, -0.15) is 105 Å². The molecule has 0 spiro atoms. The van der Waals surface area contributed by atoms with Gasteiger partial charge in [-0.25, -0.2) is 67.3 Å². The minimum absolute atomic E-state index is 0.573. The van der Waals surface area contributed by atoms with Crippen LogP contribution in [0.25, 0.3) is 0 Å². The van der Waals surface area contributed by atoms with Crippen molar-refractivity contribution in [2.45, 2.75) is 349 Å². The Morgan fingerprint density at radius 1 is 0.159 bits per heavy atom. The van der Waals surface area contributed by atoms with Crippen LogP contribution in [0.1, 0.15) is 305 Å². The molecule has 68 heteroatoms. The first-order valence-corrected chi connectivity index (χ1v) is 57.0. The van der Waals surface area contributed by atoms with Gasteiger partial charge in [0.05, 0.1) is 0 Å². The van der Waals surface area contributed by atoms with Crippen molar-refractivity contribution in [3.63, 3.8) is 0 Å². The van der Waals surface area contributed by atoms with Gasteiger partial charge in [-0.3, -0.25) is 0 Å². The first-order chi connectivity index (χ1) is 59.7. The van der Waals surface area contributed by atoms with E-state index in [0.717, 1.165) is 48.3 Å². The van der Waals surface area contributed by atoms with Gasteiger partial charge in [0.2, 0.25) is 0 Å². The summed E-state index contributed by atoms with van der Waals surface area (Å²) in [5.74, 6) is 0. The standard InChI is InChI=1S/4C14H24N2Se.8CHF3O3S/c4*1-3-7-13(8-4-1)15-11-12-16(17-15)14-9-5-2-6-10-14;8*2-1(3,4)8(5,6)7/h4*11-14H,1-10H2;8*(H,5,6,7)/q4*+2;;;;;;;;/p-8. The number of hydrogen-bond acceptors (Lipinski definition) is 24. The molecule has 132 heavy (non-hydrogen) atoms. The molecule has 0 amide bonds. The summed E-state index contributed by atoms with van der Waals surface area (Å²) in [7, 11) is -48.7. The van der Waals surface area contributed by atoms with Gasteiger partial charge >= 0.3 is 487 Å². The van der Waals surface area contributed by atoms with Crippen LogP contribution in [0.15, 0.2) is 49.6 Å². The molecule has 32 nitrogen and oxygen atoms in total. The van der Waals surface area contributed by atoms with Crippen LogP contribution in [-0.4, -0.2) is 208 Å². The van der Waals surface area contributed by atoms with E-state index < -0.39 is 125 Å². The number of nitrogens with zero attached hydrogens (tertiary/aromatic N) is 8. The van der Waals surface area contributed by atoms with E-state index >= 15 is 0 Å². The molecule has 776 valence electrons. The van der Waals surface area contributed by atoms with Crippen molar-refractivity contribution in [1.82, 2.24) is 0 Å². The quantitative estimate of drug-likeness (QED) is 0.0685. The van der Waals surface area contributed by atoms with Crippen LogP contribution in [0.2, 0.25) is 0 Å². The molecule has 4 aromatic heterocycles. The molecule has 0 aliphatic heterocycles. The van der Waals surface area contributed by atoms with Crippen LogP contribution in [0, 0.1) is 0 Å². The van der Waals surface area contributed by atoms with Crippen LogP contribution in [0.5, 0.6) is 0 Å². The third kappa shape index (κ3) is 49.9. The van der Waals surface area contributed by atoms with Crippen molar-refractivity contribution in [1.29, 1.82) is 0 Å². The number of halogens is 24. The van der Waals surface area contributed by atoms with Gasteiger partial charge in [0.25, 0.3) is 0 Å². The Balaban J connectivity index is 0.000000734. The zero-order valence-electron chi connectivity index (χ0n) is 68.9. The van der Waals surface area contributed by atoms with Gasteiger partial charge < -0.3 is 36.4 Å². The first kappa shape index (κ1) is 127. The van der Waals surface area contributed by atoms with Crippen LogP contribution >= 0.6 is 0 Å². The predicted octanol–water partition coefficient (Wildman–Crippen LogP) is 9.73. The first-order valence-electron chi connectivity index (χ1n) is 39.6. The van der Waals surface area contributed by atoms with Crippen molar-refractivity contribution < 1.29 is 238 Å². The van der Waals surface area contributed by atoms with Gasteiger partial charge in [-0.05, 0) is 0 Å². The zero-order chi connectivity index (χ0) is 102. The van der Waals surface area contributed by atoms with E-state index in [1.165, 1.54) is 257 Å². The zero-order valence-corrected chi connectivity index (χ0v) is 82.3. The van der Waals surface area contributed by atoms with Gasteiger partial charge in [0, 0.05) is 0 Å². The Kier molecular flexibility index (Phi) is 53.4. The summed E-state index contributed by atoms with van der Waals surface area (Å²) < 4.78 is 493.